The number of nitrogens with one attached hydrogen (secondary N) is 2. The molecule has 166 valence electrons. The van der Waals surface area contributed by atoms with E-state index in [9.17, 15) is 4.39 Å². The fraction of sp³-hybridized carbons (Fsp3) is 0.545. The second-order valence-corrected chi connectivity index (χ2v) is 8.55. The van der Waals surface area contributed by atoms with E-state index in [2.05, 4.69) is 41.4 Å². The first-order valence-electron chi connectivity index (χ1n) is 10.1. The number of nitrogens with zero attached hydrogens (tertiary/aromatic N) is 2. The van der Waals surface area contributed by atoms with E-state index in [1.165, 1.54) is 6.07 Å². The number of guanidine groups is 1. The SMILES string of the molecule is CN=C(NCc1ncc(C(C)(C)C)o1)NCC1(c2cccc(F)c2)CCOCC1.I. The molecule has 1 aliphatic rings. The normalized spacial score (nSPS) is 16.6. The molecule has 2 N–H and O–H groups in total. The maximum atomic E-state index is 13.8. The van der Waals surface area contributed by atoms with E-state index in [1.807, 2.05) is 6.07 Å². The number of oxazole rings is 1. The van der Waals surface area contributed by atoms with Crippen LogP contribution in [0.2, 0.25) is 0 Å². The zero-order valence-electron chi connectivity index (χ0n) is 18.1. The van der Waals surface area contributed by atoms with Gasteiger partial charge >= 0.3 is 0 Å². The Kier molecular flexibility index (Phi) is 8.66. The molecule has 2 aromatic rings. The molecule has 2 heterocycles. The Morgan fingerprint density at radius 3 is 2.57 bits per heavy atom. The summed E-state index contributed by atoms with van der Waals surface area (Å²) in [6.45, 7) is 8.66. The number of aromatic nitrogens is 1. The maximum Gasteiger partial charge on any atom is 0.213 e. The highest BCUT2D eigenvalue weighted by Gasteiger charge is 2.35. The molecule has 6 nitrogen and oxygen atoms in total. The number of hydrogen-bond acceptors (Lipinski definition) is 4. The summed E-state index contributed by atoms with van der Waals surface area (Å²) in [5.41, 5.74) is 0.720. The average Bonchev–Trinajstić information content (AvgIpc) is 3.18. The van der Waals surface area contributed by atoms with Crippen molar-refractivity contribution >= 4 is 29.9 Å². The largest absolute Gasteiger partial charge is 0.443 e. The molecule has 0 unspecified atom stereocenters. The van der Waals surface area contributed by atoms with E-state index in [1.54, 1.807) is 25.4 Å². The monoisotopic (exact) mass is 530 g/mol. The minimum atomic E-state index is -0.213. The van der Waals surface area contributed by atoms with Gasteiger partial charge in [-0.2, -0.15) is 0 Å². The van der Waals surface area contributed by atoms with Gasteiger partial charge in [0.25, 0.3) is 0 Å². The van der Waals surface area contributed by atoms with Gasteiger partial charge in [-0.3, -0.25) is 4.99 Å². The highest BCUT2D eigenvalue weighted by Crippen LogP contribution is 2.34. The Bertz CT molecular complexity index is 842. The van der Waals surface area contributed by atoms with E-state index >= 15 is 0 Å². The molecular weight excluding hydrogens is 498 g/mol. The van der Waals surface area contributed by atoms with Crippen molar-refractivity contribution in [1.29, 1.82) is 0 Å². The Morgan fingerprint density at radius 1 is 1.23 bits per heavy atom. The number of rotatable bonds is 5. The molecule has 8 heteroatoms. The van der Waals surface area contributed by atoms with Crippen LogP contribution in [-0.4, -0.2) is 37.7 Å². The molecule has 0 spiro atoms. The number of hydrogen-bond donors (Lipinski definition) is 2. The van der Waals surface area contributed by atoms with Crippen molar-refractivity contribution in [3.63, 3.8) is 0 Å². The molecular formula is C22H32FIN4O2. The Labute approximate surface area is 195 Å². The Morgan fingerprint density at radius 2 is 1.97 bits per heavy atom. The van der Waals surface area contributed by atoms with Crippen LogP contribution in [0.5, 0.6) is 0 Å². The van der Waals surface area contributed by atoms with Crippen LogP contribution in [0, 0.1) is 5.82 Å². The summed E-state index contributed by atoms with van der Waals surface area (Å²) >= 11 is 0. The molecule has 0 amide bonds. The van der Waals surface area contributed by atoms with Gasteiger partial charge in [0.2, 0.25) is 5.89 Å². The van der Waals surface area contributed by atoms with Gasteiger partial charge in [-0.1, -0.05) is 32.9 Å². The van der Waals surface area contributed by atoms with Crippen LogP contribution < -0.4 is 10.6 Å². The zero-order valence-corrected chi connectivity index (χ0v) is 20.5. The minimum absolute atomic E-state index is 0. The predicted octanol–water partition coefficient (Wildman–Crippen LogP) is 4.14. The molecule has 30 heavy (non-hydrogen) atoms. The van der Waals surface area contributed by atoms with E-state index in [0.29, 0.717) is 38.2 Å². The second-order valence-electron chi connectivity index (χ2n) is 8.55. The lowest BCUT2D eigenvalue weighted by Gasteiger charge is -2.38. The molecule has 0 bridgehead atoms. The maximum absolute atomic E-state index is 13.8. The van der Waals surface area contributed by atoms with Gasteiger partial charge in [0.05, 0.1) is 12.7 Å². The topological polar surface area (TPSA) is 71.7 Å². The predicted molar refractivity (Wildman–Crippen MR) is 127 cm³/mol. The first kappa shape index (κ1) is 24.6. The van der Waals surface area contributed by atoms with E-state index in [4.69, 9.17) is 9.15 Å². The number of halogens is 2. The van der Waals surface area contributed by atoms with Crippen LogP contribution in [0.1, 0.15) is 50.8 Å². The molecule has 1 saturated heterocycles. The first-order valence-corrected chi connectivity index (χ1v) is 10.1. The molecule has 1 aromatic heterocycles. The van der Waals surface area contributed by atoms with Gasteiger partial charge in [-0.15, -0.1) is 24.0 Å². The number of aliphatic imine (C=N–C) groups is 1. The van der Waals surface area contributed by atoms with Gasteiger partial charge in [-0.25, -0.2) is 9.37 Å². The number of benzene rings is 1. The van der Waals surface area contributed by atoms with Gasteiger partial charge in [-0.05, 0) is 30.5 Å². The van der Waals surface area contributed by atoms with Crippen molar-refractivity contribution in [2.45, 2.75) is 51.0 Å². The van der Waals surface area contributed by atoms with Crippen LogP contribution in [0.15, 0.2) is 39.9 Å². The third kappa shape index (κ3) is 6.16. The summed E-state index contributed by atoms with van der Waals surface area (Å²) in [5, 5.41) is 6.64. The minimum Gasteiger partial charge on any atom is -0.443 e. The summed E-state index contributed by atoms with van der Waals surface area (Å²) < 4.78 is 25.2. The summed E-state index contributed by atoms with van der Waals surface area (Å²) in [6, 6.07) is 6.87. The van der Waals surface area contributed by atoms with Crippen molar-refractivity contribution in [2.75, 3.05) is 26.8 Å². The molecule has 0 aliphatic carbocycles. The van der Waals surface area contributed by atoms with Crippen LogP contribution in [0.3, 0.4) is 0 Å². The van der Waals surface area contributed by atoms with Gasteiger partial charge in [0.15, 0.2) is 5.96 Å². The summed E-state index contributed by atoms with van der Waals surface area (Å²) in [4.78, 5) is 8.64. The van der Waals surface area contributed by atoms with Crippen molar-refractivity contribution in [3.05, 3.63) is 53.5 Å². The Hall–Kier alpha value is -1.68. The highest BCUT2D eigenvalue weighted by atomic mass is 127. The van der Waals surface area contributed by atoms with Crippen LogP contribution in [0.4, 0.5) is 4.39 Å². The molecule has 1 aliphatic heterocycles. The van der Waals surface area contributed by atoms with Crippen molar-refractivity contribution in [2.24, 2.45) is 4.99 Å². The average molecular weight is 530 g/mol. The molecule has 0 radical (unpaired) electrons. The lowest BCUT2D eigenvalue weighted by atomic mass is 9.74. The third-order valence-corrected chi connectivity index (χ3v) is 5.40. The second kappa shape index (κ2) is 10.6. The Balaban J connectivity index is 0.00000320. The van der Waals surface area contributed by atoms with Crippen LogP contribution >= 0.6 is 24.0 Å². The highest BCUT2D eigenvalue weighted by molar-refractivity contribution is 14.0. The van der Waals surface area contributed by atoms with Crippen LogP contribution in [-0.2, 0) is 22.1 Å². The van der Waals surface area contributed by atoms with Gasteiger partial charge in [0.1, 0.15) is 11.6 Å². The molecule has 1 fully saturated rings. The molecule has 0 atom stereocenters. The summed E-state index contributed by atoms with van der Waals surface area (Å²) in [6.07, 6.45) is 3.43. The molecule has 1 aromatic carbocycles. The molecule has 0 saturated carbocycles. The van der Waals surface area contributed by atoms with E-state index in [0.717, 1.165) is 24.2 Å². The zero-order chi connectivity index (χ0) is 20.9. The lowest BCUT2D eigenvalue weighted by molar-refractivity contribution is 0.0513. The lowest BCUT2D eigenvalue weighted by Crippen LogP contribution is -2.48. The smallest absolute Gasteiger partial charge is 0.213 e. The van der Waals surface area contributed by atoms with Crippen molar-refractivity contribution in [1.82, 2.24) is 15.6 Å². The fourth-order valence-electron chi connectivity index (χ4n) is 3.52. The van der Waals surface area contributed by atoms with Crippen LogP contribution in [0.25, 0.3) is 0 Å². The van der Waals surface area contributed by atoms with E-state index in [-0.39, 0.29) is 40.6 Å². The third-order valence-electron chi connectivity index (χ3n) is 5.40. The summed E-state index contributed by atoms with van der Waals surface area (Å²) in [5.74, 6) is 1.91. The van der Waals surface area contributed by atoms with Crippen molar-refractivity contribution in [3.8, 4) is 0 Å². The number of ether oxygens (including phenoxy) is 1. The fourth-order valence-corrected chi connectivity index (χ4v) is 3.52. The van der Waals surface area contributed by atoms with E-state index < -0.39 is 0 Å². The molecule has 3 rings (SSSR count). The first-order chi connectivity index (χ1) is 13.8. The quantitative estimate of drug-likeness (QED) is 0.346. The van der Waals surface area contributed by atoms with Crippen molar-refractivity contribution < 1.29 is 13.5 Å². The van der Waals surface area contributed by atoms with Gasteiger partial charge in [0, 0.05) is 37.6 Å². The summed E-state index contributed by atoms with van der Waals surface area (Å²) in [7, 11) is 1.73. The standard InChI is InChI=1S/C22H31FN4O2.HI/c1-21(2,3)18-13-25-19(29-18)14-26-20(24-4)27-15-22(8-10-28-11-9-22)16-6-5-7-17(23)12-16;/h5-7,12-13H,8-11,14-15H2,1-4H3,(H2,24,26,27);1H. The van der Waals surface area contributed by atoms with Gasteiger partial charge < -0.3 is 19.8 Å².